The van der Waals surface area contributed by atoms with Gasteiger partial charge in [-0.05, 0) is 53.2 Å². The Balaban J connectivity index is 4.23. The maximum atomic E-state index is 11.5. The average Bonchev–Trinajstić information content (AvgIpc) is 2.23. The van der Waals surface area contributed by atoms with Crippen LogP contribution in [0, 0.1) is 0 Å². The van der Waals surface area contributed by atoms with Crippen LogP contribution in [-0.2, 0) is 4.79 Å². The van der Waals surface area contributed by atoms with E-state index in [0.29, 0.717) is 0 Å². The van der Waals surface area contributed by atoms with Crippen molar-refractivity contribution in [3.05, 3.63) is 0 Å². The average molecular weight is 243 g/mol. The van der Waals surface area contributed by atoms with Crippen LogP contribution in [0.1, 0.15) is 47.5 Å². The van der Waals surface area contributed by atoms with E-state index in [1.54, 1.807) is 0 Å². The Morgan fingerprint density at radius 3 is 2.24 bits per heavy atom. The number of nitrogens with zero attached hydrogens (tertiary/aromatic N) is 1. The molecule has 0 rings (SSSR count). The normalized spacial score (nSPS) is 15.2. The fourth-order valence-electron chi connectivity index (χ4n) is 2.10. The van der Waals surface area contributed by atoms with Crippen molar-refractivity contribution < 1.29 is 4.79 Å². The number of rotatable bonds is 9. The van der Waals surface area contributed by atoms with E-state index >= 15 is 0 Å². The highest BCUT2D eigenvalue weighted by molar-refractivity contribution is 5.84. The molecule has 0 spiro atoms. The van der Waals surface area contributed by atoms with Gasteiger partial charge in [0, 0.05) is 6.04 Å². The molecule has 1 atom stereocenters. The quantitative estimate of drug-likeness (QED) is 0.643. The summed E-state index contributed by atoms with van der Waals surface area (Å²) in [6.07, 6.45) is 1.78. The van der Waals surface area contributed by atoms with Crippen LogP contribution < -0.4 is 11.1 Å². The lowest BCUT2D eigenvalue weighted by Gasteiger charge is -2.30. The first-order valence-electron chi connectivity index (χ1n) is 6.65. The lowest BCUT2D eigenvalue weighted by atomic mass is 9.93. The number of carbonyl (C=O) groups excluding carboxylic acids is 1. The Morgan fingerprint density at radius 1 is 1.35 bits per heavy atom. The fourth-order valence-corrected chi connectivity index (χ4v) is 2.10. The second kappa shape index (κ2) is 7.67. The van der Waals surface area contributed by atoms with Crippen molar-refractivity contribution in [2.45, 2.75) is 59.0 Å². The number of hydrogen-bond acceptors (Lipinski definition) is 3. The van der Waals surface area contributed by atoms with Gasteiger partial charge in [-0.3, -0.25) is 4.79 Å². The molecule has 3 N–H and O–H groups in total. The topological polar surface area (TPSA) is 58.4 Å². The van der Waals surface area contributed by atoms with E-state index in [9.17, 15) is 4.79 Å². The number of hydrogen-bond donors (Lipinski definition) is 2. The molecule has 0 saturated heterocycles. The summed E-state index contributed by atoms with van der Waals surface area (Å²) < 4.78 is 0. The molecule has 17 heavy (non-hydrogen) atoms. The number of primary amides is 1. The minimum absolute atomic E-state index is 0.259. The lowest BCUT2D eigenvalue weighted by Crippen LogP contribution is -2.55. The van der Waals surface area contributed by atoms with Crippen LogP contribution in [0.15, 0.2) is 0 Å². The predicted molar refractivity (Wildman–Crippen MR) is 72.9 cm³/mol. The number of carbonyl (C=O) groups is 1. The van der Waals surface area contributed by atoms with Crippen molar-refractivity contribution >= 4 is 5.91 Å². The van der Waals surface area contributed by atoms with Gasteiger partial charge in [-0.15, -0.1) is 0 Å². The maximum Gasteiger partial charge on any atom is 0.237 e. The number of nitrogens with one attached hydrogen (secondary N) is 1. The van der Waals surface area contributed by atoms with Gasteiger partial charge in [0.15, 0.2) is 0 Å². The predicted octanol–water partition coefficient (Wildman–Crippen LogP) is 1.35. The van der Waals surface area contributed by atoms with Gasteiger partial charge in [0.2, 0.25) is 5.91 Å². The van der Waals surface area contributed by atoms with Gasteiger partial charge in [0.1, 0.15) is 0 Å². The molecular formula is C13H29N3O. The standard InChI is InChI=1S/C13H29N3O/c1-6-16(7-2)10-8-9-13(5,12(14)17)15-11(3)4/h11,15H,6-10H2,1-5H3,(H2,14,17). The van der Waals surface area contributed by atoms with Crippen molar-refractivity contribution in [1.29, 1.82) is 0 Å². The molecule has 0 saturated carbocycles. The first-order chi connectivity index (χ1) is 7.85. The van der Waals surface area contributed by atoms with Crippen LogP contribution in [0.3, 0.4) is 0 Å². The minimum atomic E-state index is -0.582. The summed E-state index contributed by atoms with van der Waals surface area (Å²) in [6.45, 7) is 13.4. The Hall–Kier alpha value is -0.610. The third-order valence-corrected chi connectivity index (χ3v) is 3.20. The zero-order valence-corrected chi connectivity index (χ0v) is 12.0. The first-order valence-corrected chi connectivity index (χ1v) is 6.65. The van der Waals surface area contributed by atoms with E-state index in [-0.39, 0.29) is 11.9 Å². The molecule has 1 amide bonds. The van der Waals surface area contributed by atoms with Crippen molar-refractivity contribution in [2.24, 2.45) is 5.73 Å². The van der Waals surface area contributed by atoms with E-state index in [4.69, 9.17) is 5.73 Å². The van der Waals surface area contributed by atoms with E-state index in [1.165, 1.54) is 0 Å². The summed E-state index contributed by atoms with van der Waals surface area (Å²) in [4.78, 5) is 13.9. The van der Waals surface area contributed by atoms with Crippen molar-refractivity contribution in [1.82, 2.24) is 10.2 Å². The number of nitrogens with two attached hydrogens (primary N) is 1. The molecule has 0 aliphatic rings. The highest BCUT2D eigenvalue weighted by atomic mass is 16.1. The Morgan fingerprint density at radius 2 is 1.88 bits per heavy atom. The molecule has 0 bridgehead atoms. The molecule has 0 fully saturated rings. The zero-order chi connectivity index (χ0) is 13.5. The van der Waals surface area contributed by atoms with Gasteiger partial charge in [-0.25, -0.2) is 0 Å². The summed E-state index contributed by atoms with van der Waals surface area (Å²) in [5.41, 5.74) is 4.90. The largest absolute Gasteiger partial charge is 0.368 e. The summed E-state index contributed by atoms with van der Waals surface area (Å²) in [5, 5.41) is 3.27. The SMILES string of the molecule is CCN(CC)CCCC(C)(NC(C)C)C(N)=O. The van der Waals surface area contributed by atoms with E-state index < -0.39 is 5.54 Å². The van der Waals surface area contributed by atoms with Gasteiger partial charge in [0.05, 0.1) is 5.54 Å². The molecule has 102 valence electrons. The maximum absolute atomic E-state index is 11.5. The minimum Gasteiger partial charge on any atom is -0.368 e. The zero-order valence-electron chi connectivity index (χ0n) is 12.0. The molecule has 0 aliphatic heterocycles. The molecule has 0 aliphatic carbocycles. The van der Waals surface area contributed by atoms with Gasteiger partial charge < -0.3 is 16.0 Å². The molecular weight excluding hydrogens is 214 g/mol. The van der Waals surface area contributed by atoms with Gasteiger partial charge in [-0.2, -0.15) is 0 Å². The summed E-state index contributed by atoms with van der Waals surface area (Å²) in [6, 6.07) is 0.265. The van der Waals surface area contributed by atoms with Crippen LogP contribution in [0.2, 0.25) is 0 Å². The molecule has 4 heteroatoms. The van der Waals surface area contributed by atoms with Gasteiger partial charge in [-0.1, -0.05) is 13.8 Å². The third kappa shape index (κ3) is 6.03. The molecule has 4 nitrogen and oxygen atoms in total. The van der Waals surface area contributed by atoms with Gasteiger partial charge >= 0.3 is 0 Å². The first kappa shape index (κ1) is 16.4. The molecule has 1 unspecified atom stereocenters. The molecule has 0 heterocycles. The van der Waals surface area contributed by atoms with E-state index in [0.717, 1.165) is 32.5 Å². The highest BCUT2D eigenvalue weighted by Gasteiger charge is 2.30. The van der Waals surface area contributed by atoms with Crippen LogP contribution in [0.4, 0.5) is 0 Å². The Kier molecular flexibility index (Phi) is 7.39. The van der Waals surface area contributed by atoms with Gasteiger partial charge in [0.25, 0.3) is 0 Å². The smallest absolute Gasteiger partial charge is 0.237 e. The molecule has 0 aromatic carbocycles. The van der Waals surface area contributed by atoms with Crippen LogP contribution in [0.5, 0.6) is 0 Å². The molecule has 0 aromatic heterocycles. The second-order valence-electron chi connectivity index (χ2n) is 5.13. The fraction of sp³-hybridized carbons (Fsp3) is 0.923. The lowest BCUT2D eigenvalue weighted by molar-refractivity contribution is -0.124. The second-order valence-corrected chi connectivity index (χ2v) is 5.13. The monoisotopic (exact) mass is 243 g/mol. The van der Waals surface area contributed by atoms with E-state index in [2.05, 4.69) is 24.1 Å². The Bertz CT molecular complexity index is 227. The van der Waals surface area contributed by atoms with Crippen molar-refractivity contribution in [3.63, 3.8) is 0 Å². The molecule has 0 aromatic rings. The Labute approximate surface area is 106 Å². The van der Waals surface area contributed by atoms with Crippen LogP contribution in [-0.4, -0.2) is 42.0 Å². The summed E-state index contributed by atoms with van der Waals surface area (Å²) in [7, 11) is 0. The summed E-state index contributed by atoms with van der Waals surface area (Å²) in [5.74, 6) is -0.259. The molecule has 0 radical (unpaired) electrons. The summed E-state index contributed by atoms with van der Waals surface area (Å²) >= 11 is 0. The highest BCUT2D eigenvalue weighted by Crippen LogP contribution is 2.13. The van der Waals surface area contributed by atoms with Crippen LogP contribution >= 0.6 is 0 Å². The third-order valence-electron chi connectivity index (χ3n) is 3.20. The van der Waals surface area contributed by atoms with Crippen molar-refractivity contribution in [3.8, 4) is 0 Å². The van der Waals surface area contributed by atoms with Crippen LogP contribution in [0.25, 0.3) is 0 Å². The number of amides is 1. The van der Waals surface area contributed by atoms with Crippen molar-refractivity contribution in [2.75, 3.05) is 19.6 Å². The van der Waals surface area contributed by atoms with E-state index in [1.807, 2.05) is 20.8 Å².